The van der Waals surface area contributed by atoms with E-state index in [-0.39, 0.29) is 22.8 Å². The number of carbonyl (C=O) groups is 2. The standard InChI is InChI=1S/C19H26N4O4S2/c1-5-27-19(26)23-8-6-22(7-9-23)18(25)13(4)28-10-14-20-16(24)15-11(2)12(3)29-17(15)21-14/h13H,5-10H2,1-4H3,(H,20,21,24). The van der Waals surface area contributed by atoms with Gasteiger partial charge in [0.2, 0.25) is 5.91 Å². The molecule has 0 bridgehead atoms. The molecule has 1 aliphatic heterocycles. The summed E-state index contributed by atoms with van der Waals surface area (Å²) in [4.78, 5) is 49.5. The molecule has 0 aliphatic carbocycles. The Morgan fingerprint density at radius 3 is 2.55 bits per heavy atom. The average Bonchev–Trinajstić information content (AvgIpc) is 3.00. The minimum absolute atomic E-state index is 0.0322. The maximum absolute atomic E-state index is 12.7. The second-order valence-corrected chi connectivity index (χ2v) is 9.47. The topological polar surface area (TPSA) is 95.6 Å². The van der Waals surface area contributed by atoms with E-state index in [4.69, 9.17) is 4.74 Å². The van der Waals surface area contributed by atoms with E-state index in [0.717, 1.165) is 15.3 Å². The van der Waals surface area contributed by atoms with Crippen molar-refractivity contribution in [2.75, 3.05) is 32.8 Å². The van der Waals surface area contributed by atoms with Crippen LogP contribution in [0.4, 0.5) is 4.79 Å². The van der Waals surface area contributed by atoms with Gasteiger partial charge in [-0.05, 0) is 33.3 Å². The lowest BCUT2D eigenvalue weighted by atomic mass is 10.2. The number of ether oxygens (including phenoxy) is 1. The summed E-state index contributed by atoms with van der Waals surface area (Å²) in [5.74, 6) is 1.07. The number of fused-ring (bicyclic) bond motifs is 1. The van der Waals surface area contributed by atoms with Crippen LogP contribution in [0.1, 0.15) is 30.1 Å². The zero-order valence-electron chi connectivity index (χ0n) is 17.1. The number of thioether (sulfide) groups is 1. The van der Waals surface area contributed by atoms with Crippen LogP contribution in [0.15, 0.2) is 4.79 Å². The maximum Gasteiger partial charge on any atom is 0.409 e. The highest BCUT2D eigenvalue weighted by Crippen LogP contribution is 2.26. The van der Waals surface area contributed by atoms with Gasteiger partial charge in [-0.2, -0.15) is 0 Å². The van der Waals surface area contributed by atoms with E-state index in [1.165, 1.54) is 23.1 Å². The molecule has 2 aromatic heterocycles. The van der Waals surface area contributed by atoms with Gasteiger partial charge in [-0.1, -0.05) is 0 Å². The van der Waals surface area contributed by atoms with Crippen LogP contribution in [0, 0.1) is 13.8 Å². The van der Waals surface area contributed by atoms with Crippen LogP contribution in [-0.2, 0) is 15.3 Å². The van der Waals surface area contributed by atoms with Crippen molar-refractivity contribution in [3.8, 4) is 0 Å². The van der Waals surface area contributed by atoms with Crippen molar-refractivity contribution < 1.29 is 14.3 Å². The first-order chi connectivity index (χ1) is 13.8. The molecular weight excluding hydrogens is 412 g/mol. The van der Waals surface area contributed by atoms with Gasteiger partial charge in [-0.3, -0.25) is 9.59 Å². The van der Waals surface area contributed by atoms with E-state index in [0.29, 0.717) is 49.7 Å². The molecule has 3 rings (SSSR count). The van der Waals surface area contributed by atoms with Crippen LogP contribution in [0.5, 0.6) is 0 Å². The molecule has 0 aromatic carbocycles. The molecule has 8 nitrogen and oxygen atoms in total. The average molecular weight is 439 g/mol. The Morgan fingerprint density at radius 2 is 1.90 bits per heavy atom. The summed E-state index contributed by atoms with van der Waals surface area (Å²) in [5.41, 5.74) is 0.852. The smallest absolute Gasteiger partial charge is 0.409 e. The van der Waals surface area contributed by atoms with Crippen molar-refractivity contribution in [1.82, 2.24) is 19.8 Å². The Hall–Kier alpha value is -2.07. The molecule has 1 atom stereocenters. The van der Waals surface area contributed by atoms with Crippen LogP contribution in [-0.4, -0.2) is 69.8 Å². The molecule has 1 fully saturated rings. The molecule has 2 aromatic rings. The predicted octanol–water partition coefficient (Wildman–Crippen LogP) is 2.52. The normalized spacial score (nSPS) is 15.6. The van der Waals surface area contributed by atoms with Gasteiger partial charge in [0.25, 0.3) is 5.56 Å². The van der Waals surface area contributed by atoms with Crippen molar-refractivity contribution in [1.29, 1.82) is 0 Å². The molecule has 3 heterocycles. The van der Waals surface area contributed by atoms with Gasteiger partial charge in [-0.15, -0.1) is 23.1 Å². The lowest BCUT2D eigenvalue weighted by Crippen LogP contribution is -2.52. The number of aromatic amines is 1. The molecule has 1 unspecified atom stereocenters. The third kappa shape index (κ3) is 4.75. The Bertz CT molecular complexity index is 963. The minimum Gasteiger partial charge on any atom is -0.450 e. The summed E-state index contributed by atoms with van der Waals surface area (Å²) < 4.78 is 5.01. The second-order valence-electron chi connectivity index (χ2n) is 6.94. The van der Waals surface area contributed by atoms with Crippen LogP contribution in [0.25, 0.3) is 10.2 Å². The Balaban J connectivity index is 1.56. The van der Waals surface area contributed by atoms with Gasteiger partial charge in [-0.25, -0.2) is 9.78 Å². The number of carbonyl (C=O) groups excluding carboxylic acids is 2. The third-order valence-corrected chi connectivity index (χ3v) is 7.27. The Labute approximate surface area is 177 Å². The van der Waals surface area contributed by atoms with Crippen LogP contribution >= 0.6 is 23.1 Å². The lowest BCUT2D eigenvalue weighted by Gasteiger charge is -2.35. The van der Waals surface area contributed by atoms with E-state index < -0.39 is 0 Å². The van der Waals surface area contributed by atoms with Crippen LogP contribution < -0.4 is 5.56 Å². The summed E-state index contributed by atoms with van der Waals surface area (Å²) >= 11 is 2.97. The van der Waals surface area contributed by atoms with Gasteiger partial charge in [0, 0.05) is 31.1 Å². The van der Waals surface area contributed by atoms with Gasteiger partial charge in [0.05, 0.1) is 23.0 Å². The summed E-state index contributed by atoms with van der Waals surface area (Å²) in [7, 11) is 0. The first-order valence-corrected chi connectivity index (χ1v) is 11.5. The number of piperazine rings is 1. The quantitative estimate of drug-likeness (QED) is 0.771. The molecule has 158 valence electrons. The molecule has 1 N–H and O–H groups in total. The molecular formula is C19H26N4O4S2. The van der Waals surface area contributed by atoms with E-state index in [2.05, 4.69) is 9.97 Å². The molecule has 1 saturated heterocycles. The number of aryl methyl sites for hydroxylation is 2. The fourth-order valence-corrected chi connectivity index (χ4v) is 5.11. The number of hydrogen-bond acceptors (Lipinski definition) is 7. The molecule has 29 heavy (non-hydrogen) atoms. The first-order valence-electron chi connectivity index (χ1n) is 9.62. The minimum atomic E-state index is -0.327. The summed E-state index contributed by atoms with van der Waals surface area (Å²) in [6, 6.07) is 0. The van der Waals surface area contributed by atoms with E-state index in [9.17, 15) is 14.4 Å². The molecule has 0 radical (unpaired) electrons. The van der Waals surface area contributed by atoms with Crippen molar-refractivity contribution in [3.63, 3.8) is 0 Å². The number of H-pyrrole nitrogens is 1. The molecule has 10 heteroatoms. The number of nitrogens with zero attached hydrogens (tertiary/aromatic N) is 3. The van der Waals surface area contributed by atoms with Crippen molar-refractivity contribution in [2.45, 2.75) is 38.7 Å². The van der Waals surface area contributed by atoms with E-state index in [1.54, 1.807) is 16.7 Å². The first kappa shape index (κ1) is 21.6. The Kier molecular flexibility index (Phi) is 6.84. The van der Waals surface area contributed by atoms with Crippen molar-refractivity contribution in [3.05, 3.63) is 26.6 Å². The van der Waals surface area contributed by atoms with Gasteiger partial charge >= 0.3 is 6.09 Å². The molecule has 2 amide bonds. The van der Waals surface area contributed by atoms with Crippen molar-refractivity contribution in [2.24, 2.45) is 0 Å². The van der Waals surface area contributed by atoms with E-state index >= 15 is 0 Å². The maximum atomic E-state index is 12.7. The van der Waals surface area contributed by atoms with Gasteiger partial charge < -0.3 is 19.5 Å². The molecule has 0 saturated carbocycles. The number of aromatic nitrogens is 2. The van der Waals surface area contributed by atoms with Gasteiger partial charge in [0.1, 0.15) is 10.7 Å². The Morgan fingerprint density at radius 1 is 1.24 bits per heavy atom. The monoisotopic (exact) mass is 438 g/mol. The summed E-state index contributed by atoms with van der Waals surface area (Å²) in [6.07, 6.45) is -0.327. The van der Waals surface area contributed by atoms with E-state index in [1.807, 2.05) is 20.8 Å². The molecule has 0 spiro atoms. The predicted molar refractivity (Wildman–Crippen MR) is 116 cm³/mol. The van der Waals surface area contributed by atoms with Crippen LogP contribution in [0.2, 0.25) is 0 Å². The summed E-state index contributed by atoms with van der Waals surface area (Å²) in [5, 5.41) is 0.391. The fourth-order valence-electron chi connectivity index (χ4n) is 3.22. The van der Waals surface area contributed by atoms with Crippen LogP contribution in [0.3, 0.4) is 0 Å². The zero-order chi connectivity index (χ0) is 21.1. The third-order valence-electron chi connectivity index (χ3n) is 5.02. The fraction of sp³-hybridized carbons (Fsp3) is 0.579. The number of nitrogens with one attached hydrogen (secondary N) is 1. The number of rotatable bonds is 5. The largest absolute Gasteiger partial charge is 0.450 e. The van der Waals surface area contributed by atoms with Crippen molar-refractivity contribution >= 4 is 45.3 Å². The highest BCUT2D eigenvalue weighted by Gasteiger charge is 2.27. The molecule has 1 aliphatic rings. The lowest BCUT2D eigenvalue weighted by molar-refractivity contribution is -0.131. The number of amides is 2. The highest BCUT2D eigenvalue weighted by atomic mass is 32.2. The zero-order valence-corrected chi connectivity index (χ0v) is 18.7. The van der Waals surface area contributed by atoms with Gasteiger partial charge in [0.15, 0.2) is 0 Å². The summed E-state index contributed by atoms with van der Waals surface area (Å²) in [6.45, 7) is 9.85. The number of hydrogen-bond donors (Lipinski definition) is 1. The second kappa shape index (κ2) is 9.17. The highest BCUT2D eigenvalue weighted by molar-refractivity contribution is 7.99. The SMILES string of the molecule is CCOC(=O)N1CCN(C(=O)C(C)SCc2nc3sc(C)c(C)c3c(=O)[nH]2)CC1. The number of thiophene rings is 1.